The maximum atomic E-state index is 5.83. The monoisotopic (exact) mass is 234 g/mol. The van der Waals surface area contributed by atoms with Crippen LogP contribution in [-0.2, 0) is 0 Å². The first-order valence-corrected chi connectivity index (χ1v) is 6.52. The van der Waals surface area contributed by atoms with Gasteiger partial charge in [-0.2, -0.15) is 0 Å². The van der Waals surface area contributed by atoms with Crippen molar-refractivity contribution in [3.8, 4) is 5.75 Å². The maximum absolute atomic E-state index is 5.83. The molecule has 1 heterocycles. The average molecular weight is 234 g/mol. The summed E-state index contributed by atoms with van der Waals surface area (Å²) in [6.45, 7) is 8.50. The second-order valence-electron chi connectivity index (χ2n) is 4.55. The first-order valence-electron chi connectivity index (χ1n) is 6.52. The first kappa shape index (κ1) is 12.2. The second-order valence-corrected chi connectivity index (χ2v) is 4.55. The van der Waals surface area contributed by atoms with E-state index in [0.29, 0.717) is 0 Å². The van der Waals surface area contributed by atoms with Gasteiger partial charge in [-0.1, -0.05) is 19.1 Å². The molecule has 0 aliphatic carbocycles. The normalized spacial score (nSPS) is 18.7. The van der Waals surface area contributed by atoms with Gasteiger partial charge < -0.3 is 15.0 Å². The van der Waals surface area contributed by atoms with Crippen molar-refractivity contribution in [2.24, 2.45) is 0 Å². The van der Waals surface area contributed by atoms with E-state index in [4.69, 9.17) is 4.74 Å². The van der Waals surface area contributed by atoms with Gasteiger partial charge in [0.25, 0.3) is 0 Å². The molecule has 0 saturated carbocycles. The lowest BCUT2D eigenvalue weighted by Crippen LogP contribution is -2.39. The molecule has 0 fully saturated rings. The number of para-hydroxylation sites is 2. The molecule has 1 aromatic carbocycles. The summed E-state index contributed by atoms with van der Waals surface area (Å²) in [5.74, 6) is 1.02. The van der Waals surface area contributed by atoms with Gasteiger partial charge in [0.2, 0.25) is 0 Å². The van der Waals surface area contributed by atoms with E-state index in [0.717, 1.165) is 31.9 Å². The zero-order chi connectivity index (χ0) is 12.1. The van der Waals surface area contributed by atoms with E-state index in [-0.39, 0.29) is 6.10 Å². The number of nitrogens with zero attached hydrogens (tertiary/aromatic N) is 1. The van der Waals surface area contributed by atoms with E-state index in [2.05, 4.69) is 42.3 Å². The van der Waals surface area contributed by atoms with Gasteiger partial charge in [0, 0.05) is 6.54 Å². The molecule has 1 unspecified atom stereocenters. The summed E-state index contributed by atoms with van der Waals surface area (Å²) < 4.78 is 5.83. The molecular formula is C14H22N2O. The molecule has 94 valence electrons. The Morgan fingerprint density at radius 2 is 2.24 bits per heavy atom. The largest absolute Gasteiger partial charge is 0.487 e. The molecule has 1 atom stereocenters. The van der Waals surface area contributed by atoms with Crippen molar-refractivity contribution >= 4 is 5.69 Å². The predicted octanol–water partition coefficient (Wildman–Crippen LogP) is 2.27. The van der Waals surface area contributed by atoms with Crippen LogP contribution in [0, 0.1) is 0 Å². The summed E-state index contributed by atoms with van der Waals surface area (Å²) in [5.41, 5.74) is 1.24. The van der Waals surface area contributed by atoms with E-state index < -0.39 is 0 Å². The van der Waals surface area contributed by atoms with Gasteiger partial charge in [-0.05, 0) is 38.6 Å². The maximum Gasteiger partial charge on any atom is 0.143 e. The highest BCUT2D eigenvalue weighted by atomic mass is 16.5. The molecule has 0 saturated heterocycles. The summed E-state index contributed by atoms with van der Waals surface area (Å²) in [6, 6.07) is 8.32. The Hall–Kier alpha value is -1.22. The molecule has 3 nitrogen and oxygen atoms in total. The van der Waals surface area contributed by atoms with E-state index in [1.165, 1.54) is 12.1 Å². The highest BCUT2D eigenvalue weighted by Gasteiger charge is 2.21. The third-order valence-electron chi connectivity index (χ3n) is 3.04. The number of hydrogen-bond acceptors (Lipinski definition) is 3. The number of nitrogens with one attached hydrogen (secondary N) is 1. The molecule has 0 bridgehead atoms. The number of benzene rings is 1. The van der Waals surface area contributed by atoms with Crippen LogP contribution in [0.1, 0.15) is 20.3 Å². The van der Waals surface area contributed by atoms with E-state index >= 15 is 0 Å². The lowest BCUT2D eigenvalue weighted by molar-refractivity contribution is 0.212. The fourth-order valence-corrected chi connectivity index (χ4v) is 2.26. The van der Waals surface area contributed by atoms with Gasteiger partial charge >= 0.3 is 0 Å². The Balaban J connectivity index is 1.97. The van der Waals surface area contributed by atoms with E-state index in [1.54, 1.807) is 0 Å². The fraction of sp³-hybridized carbons (Fsp3) is 0.571. The lowest BCUT2D eigenvalue weighted by Gasteiger charge is -2.35. The molecule has 0 aromatic heterocycles. The standard InChI is InChI=1S/C14H22N2O/c1-3-15-9-6-10-16-11-12(2)17-14-8-5-4-7-13(14)16/h4-5,7-8,12,15H,3,6,9-11H2,1-2H3. The van der Waals surface area contributed by atoms with Crippen LogP contribution >= 0.6 is 0 Å². The van der Waals surface area contributed by atoms with E-state index in [1.807, 2.05) is 6.07 Å². The molecule has 1 aromatic rings. The highest BCUT2D eigenvalue weighted by molar-refractivity contribution is 5.59. The number of hydrogen-bond donors (Lipinski definition) is 1. The van der Waals surface area contributed by atoms with Crippen molar-refractivity contribution < 1.29 is 4.74 Å². The van der Waals surface area contributed by atoms with Crippen LogP contribution in [0.5, 0.6) is 5.75 Å². The average Bonchev–Trinajstić information content (AvgIpc) is 2.34. The number of rotatable bonds is 5. The molecule has 1 aliphatic rings. The Bertz CT molecular complexity index is 354. The molecule has 0 spiro atoms. The lowest BCUT2D eigenvalue weighted by atomic mass is 10.2. The summed E-state index contributed by atoms with van der Waals surface area (Å²) >= 11 is 0. The summed E-state index contributed by atoms with van der Waals surface area (Å²) in [6.07, 6.45) is 1.46. The topological polar surface area (TPSA) is 24.5 Å². The van der Waals surface area contributed by atoms with Crippen LogP contribution < -0.4 is 15.0 Å². The van der Waals surface area contributed by atoms with Gasteiger partial charge in [-0.25, -0.2) is 0 Å². The number of anilines is 1. The van der Waals surface area contributed by atoms with Crippen molar-refractivity contribution in [1.29, 1.82) is 0 Å². The predicted molar refractivity (Wildman–Crippen MR) is 71.9 cm³/mol. The van der Waals surface area contributed by atoms with Crippen LogP contribution in [0.2, 0.25) is 0 Å². The highest BCUT2D eigenvalue weighted by Crippen LogP contribution is 2.32. The SMILES string of the molecule is CCNCCCN1CC(C)Oc2ccccc21. The number of fused-ring (bicyclic) bond motifs is 1. The summed E-state index contributed by atoms with van der Waals surface area (Å²) in [7, 11) is 0. The molecule has 2 rings (SSSR count). The fourth-order valence-electron chi connectivity index (χ4n) is 2.26. The van der Waals surface area contributed by atoms with Crippen molar-refractivity contribution in [3.05, 3.63) is 24.3 Å². The summed E-state index contributed by atoms with van der Waals surface area (Å²) in [5, 5.41) is 3.37. The van der Waals surface area contributed by atoms with Crippen molar-refractivity contribution in [2.75, 3.05) is 31.1 Å². The second kappa shape index (κ2) is 5.92. The molecule has 17 heavy (non-hydrogen) atoms. The van der Waals surface area contributed by atoms with Crippen molar-refractivity contribution in [1.82, 2.24) is 5.32 Å². The summed E-state index contributed by atoms with van der Waals surface area (Å²) in [4.78, 5) is 2.43. The van der Waals surface area contributed by atoms with Gasteiger partial charge in [0.05, 0.1) is 12.2 Å². The third kappa shape index (κ3) is 3.13. The van der Waals surface area contributed by atoms with Crippen LogP contribution in [0.25, 0.3) is 0 Å². The molecular weight excluding hydrogens is 212 g/mol. The Kier molecular flexibility index (Phi) is 4.26. The first-order chi connectivity index (χ1) is 8.31. The molecule has 3 heteroatoms. The Morgan fingerprint density at radius 1 is 1.41 bits per heavy atom. The van der Waals surface area contributed by atoms with Crippen molar-refractivity contribution in [2.45, 2.75) is 26.4 Å². The molecule has 1 N–H and O–H groups in total. The zero-order valence-electron chi connectivity index (χ0n) is 10.8. The molecule has 1 aliphatic heterocycles. The zero-order valence-corrected chi connectivity index (χ0v) is 10.8. The minimum absolute atomic E-state index is 0.282. The number of ether oxygens (including phenoxy) is 1. The van der Waals surface area contributed by atoms with Gasteiger partial charge in [-0.15, -0.1) is 0 Å². The van der Waals surface area contributed by atoms with Crippen LogP contribution in [0.4, 0.5) is 5.69 Å². The van der Waals surface area contributed by atoms with Crippen molar-refractivity contribution in [3.63, 3.8) is 0 Å². The third-order valence-corrected chi connectivity index (χ3v) is 3.04. The van der Waals surface area contributed by atoms with E-state index in [9.17, 15) is 0 Å². The molecule has 0 radical (unpaired) electrons. The van der Waals surface area contributed by atoms with Gasteiger partial charge in [0.15, 0.2) is 0 Å². The van der Waals surface area contributed by atoms with Gasteiger partial charge in [-0.3, -0.25) is 0 Å². The minimum atomic E-state index is 0.282. The van der Waals surface area contributed by atoms with Crippen LogP contribution in [-0.4, -0.2) is 32.3 Å². The molecule has 0 amide bonds. The Labute approximate surface area is 104 Å². The Morgan fingerprint density at radius 3 is 3.06 bits per heavy atom. The minimum Gasteiger partial charge on any atom is -0.487 e. The smallest absolute Gasteiger partial charge is 0.143 e. The quantitative estimate of drug-likeness (QED) is 0.791. The van der Waals surface area contributed by atoms with Crippen LogP contribution in [0.3, 0.4) is 0 Å². The van der Waals surface area contributed by atoms with Crippen LogP contribution in [0.15, 0.2) is 24.3 Å². The van der Waals surface area contributed by atoms with Gasteiger partial charge in [0.1, 0.15) is 11.9 Å².